The summed E-state index contributed by atoms with van der Waals surface area (Å²) < 4.78 is 0. The molecule has 60 valence electrons. The number of nitrogens with one attached hydrogen (secondary N) is 1. The molecule has 10 heavy (non-hydrogen) atoms. The molecular formula is C6H13ClN2O. The lowest BCUT2D eigenvalue weighted by Crippen LogP contribution is -2.49. The van der Waals surface area contributed by atoms with Crippen LogP contribution in [0.4, 0.5) is 0 Å². The molecule has 0 aromatic carbocycles. The zero-order chi connectivity index (χ0) is 6.85. The van der Waals surface area contributed by atoms with E-state index < -0.39 is 0 Å². The largest absolute Gasteiger partial charge is 0.352 e. The fourth-order valence-corrected chi connectivity index (χ4v) is 0.983. The van der Waals surface area contributed by atoms with Gasteiger partial charge in [0.15, 0.2) is 0 Å². The number of hydrogen-bond acceptors (Lipinski definition) is 2. The number of hydrogen-bond donors (Lipinski definition) is 2. The van der Waals surface area contributed by atoms with Crippen molar-refractivity contribution in [3.8, 4) is 0 Å². The van der Waals surface area contributed by atoms with E-state index in [1.54, 1.807) is 0 Å². The zero-order valence-corrected chi connectivity index (χ0v) is 6.78. The molecule has 1 amide bonds. The first-order chi connectivity index (χ1) is 4.20. The van der Waals surface area contributed by atoms with Gasteiger partial charge in [0.2, 0.25) is 5.91 Å². The summed E-state index contributed by atoms with van der Waals surface area (Å²) in [7, 11) is 0. The van der Waals surface area contributed by atoms with E-state index in [-0.39, 0.29) is 24.4 Å². The molecule has 1 heterocycles. The van der Waals surface area contributed by atoms with Crippen molar-refractivity contribution < 1.29 is 4.79 Å². The van der Waals surface area contributed by atoms with Gasteiger partial charge < -0.3 is 11.1 Å². The van der Waals surface area contributed by atoms with E-state index >= 15 is 0 Å². The van der Waals surface area contributed by atoms with Gasteiger partial charge in [0.1, 0.15) is 0 Å². The highest BCUT2D eigenvalue weighted by Gasteiger charge is 2.21. The van der Waals surface area contributed by atoms with E-state index in [1.807, 2.05) is 6.92 Å². The second-order valence-electron chi connectivity index (χ2n) is 2.59. The summed E-state index contributed by atoms with van der Waals surface area (Å²) in [5, 5.41) is 2.77. The van der Waals surface area contributed by atoms with E-state index in [4.69, 9.17) is 5.73 Å². The molecule has 1 rings (SSSR count). The van der Waals surface area contributed by atoms with Gasteiger partial charge in [0, 0.05) is 6.04 Å². The van der Waals surface area contributed by atoms with Crippen LogP contribution in [-0.4, -0.2) is 18.0 Å². The molecule has 0 bridgehead atoms. The Morgan fingerprint density at radius 1 is 1.60 bits per heavy atom. The van der Waals surface area contributed by atoms with Crippen LogP contribution >= 0.6 is 12.4 Å². The molecule has 0 aromatic rings. The lowest BCUT2D eigenvalue weighted by Gasteiger charge is -2.23. The van der Waals surface area contributed by atoms with Crippen LogP contribution in [0.25, 0.3) is 0 Å². The van der Waals surface area contributed by atoms with Gasteiger partial charge in [-0.05, 0) is 19.8 Å². The number of piperidine rings is 1. The Morgan fingerprint density at radius 2 is 2.20 bits per heavy atom. The minimum absolute atomic E-state index is 0. The molecule has 3 nitrogen and oxygen atoms in total. The highest BCUT2D eigenvalue weighted by Crippen LogP contribution is 2.05. The third kappa shape index (κ3) is 2.15. The summed E-state index contributed by atoms with van der Waals surface area (Å²) in [5.74, 6) is -0.00579. The molecule has 2 unspecified atom stereocenters. The number of carbonyl (C=O) groups is 1. The SMILES string of the molecule is CC1CCC(N)C(=O)N1.Cl. The monoisotopic (exact) mass is 164 g/mol. The van der Waals surface area contributed by atoms with Crippen LogP contribution in [0.15, 0.2) is 0 Å². The van der Waals surface area contributed by atoms with E-state index in [2.05, 4.69) is 5.32 Å². The summed E-state index contributed by atoms with van der Waals surface area (Å²) in [6.07, 6.45) is 1.83. The van der Waals surface area contributed by atoms with Crippen molar-refractivity contribution in [3.63, 3.8) is 0 Å². The minimum Gasteiger partial charge on any atom is -0.352 e. The van der Waals surface area contributed by atoms with Crippen molar-refractivity contribution >= 4 is 18.3 Å². The molecule has 3 N–H and O–H groups in total. The minimum atomic E-state index is -0.263. The Hall–Kier alpha value is -0.280. The predicted octanol–water partition coefficient (Wildman–Crippen LogP) is 0.0340. The second-order valence-corrected chi connectivity index (χ2v) is 2.59. The standard InChI is InChI=1S/C6H12N2O.ClH/c1-4-2-3-5(7)6(9)8-4;/h4-5H,2-3,7H2,1H3,(H,8,9);1H. The summed E-state index contributed by atoms with van der Waals surface area (Å²) in [5.41, 5.74) is 5.43. The number of halogens is 1. The van der Waals surface area contributed by atoms with Crippen LogP contribution in [0.5, 0.6) is 0 Å². The lowest BCUT2D eigenvalue weighted by atomic mass is 10.0. The highest BCUT2D eigenvalue weighted by molar-refractivity contribution is 5.85. The maximum atomic E-state index is 10.8. The Bertz CT molecular complexity index is 129. The van der Waals surface area contributed by atoms with E-state index in [9.17, 15) is 4.79 Å². The Morgan fingerprint density at radius 3 is 2.60 bits per heavy atom. The third-order valence-electron chi connectivity index (χ3n) is 1.64. The number of rotatable bonds is 0. The first-order valence-corrected chi connectivity index (χ1v) is 3.26. The Labute approximate surface area is 66.8 Å². The van der Waals surface area contributed by atoms with Crippen LogP contribution in [0.1, 0.15) is 19.8 Å². The van der Waals surface area contributed by atoms with Gasteiger partial charge in [-0.3, -0.25) is 4.79 Å². The molecule has 0 saturated carbocycles. The molecule has 1 fully saturated rings. The van der Waals surface area contributed by atoms with Crippen molar-refractivity contribution in [2.24, 2.45) is 5.73 Å². The van der Waals surface area contributed by atoms with Crippen LogP contribution in [0, 0.1) is 0 Å². The summed E-state index contributed by atoms with van der Waals surface area (Å²) in [6.45, 7) is 1.99. The van der Waals surface area contributed by atoms with Crippen molar-refractivity contribution in [2.75, 3.05) is 0 Å². The maximum absolute atomic E-state index is 10.8. The highest BCUT2D eigenvalue weighted by atomic mass is 35.5. The molecule has 1 aliphatic heterocycles. The topological polar surface area (TPSA) is 55.1 Å². The molecule has 0 aromatic heterocycles. The van der Waals surface area contributed by atoms with E-state index in [0.29, 0.717) is 6.04 Å². The van der Waals surface area contributed by atoms with Crippen molar-refractivity contribution in [1.29, 1.82) is 0 Å². The molecule has 1 aliphatic rings. The average molecular weight is 165 g/mol. The second kappa shape index (κ2) is 3.78. The van der Waals surface area contributed by atoms with Gasteiger partial charge in [-0.25, -0.2) is 0 Å². The summed E-state index contributed by atoms with van der Waals surface area (Å²) >= 11 is 0. The molecule has 4 heteroatoms. The number of carbonyl (C=O) groups excluding carboxylic acids is 1. The van der Waals surface area contributed by atoms with Crippen molar-refractivity contribution in [3.05, 3.63) is 0 Å². The number of amides is 1. The van der Waals surface area contributed by atoms with Gasteiger partial charge in [0.05, 0.1) is 6.04 Å². The van der Waals surface area contributed by atoms with Crippen LogP contribution in [-0.2, 0) is 4.79 Å². The maximum Gasteiger partial charge on any atom is 0.237 e. The molecule has 0 aliphatic carbocycles. The smallest absolute Gasteiger partial charge is 0.237 e. The first kappa shape index (κ1) is 9.72. The predicted molar refractivity (Wildman–Crippen MR) is 42.1 cm³/mol. The molecule has 2 atom stereocenters. The van der Waals surface area contributed by atoms with Crippen LogP contribution in [0.2, 0.25) is 0 Å². The van der Waals surface area contributed by atoms with Gasteiger partial charge in [-0.15, -0.1) is 12.4 Å². The van der Waals surface area contributed by atoms with E-state index in [0.717, 1.165) is 12.8 Å². The fraction of sp³-hybridized carbons (Fsp3) is 0.833. The van der Waals surface area contributed by atoms with Crippen LogP contribution < -0.4 is 11.1 Å². The van der Waals surface area contributed by atoms with Gasteiger partial charge in [0.25, 0.3) is 0 Å². The van der Waals surface area contributed by atoms with Gasteiger partial charge in [-0.1, -0.05) is 0 Å². The van der Waals surface area contributed by atoms with Crippen molar-refractivity contribution in [1.82, 2.24) is 5.32 Å². The van der Waals surface area contributed by atoms with E-state index in [1.165, 1.54) is 0 Å². The average Bonchev–Trinajstić information content (AvgIpc) is 1.80. The molecule has 1 saturated heterocycles. The van der Waals surface area contributed by atoms with Crippen LogP contribution in [0.3, 0.4) is 0 Å². The third-order valence-corrected chi connectivity index (χ3v) is 1.64. The van der Waals surface area contributed by atoms with Gasteiger partial charge >= 0.3 is 0 Å². The molecular weight excluding hydrogens is 152 g/mol. The Kier molecular flexibility index (Phi) is 3.68. The number of nitrogens with two attached hydrogens (primary N) is 1. The molecule has 0 radical (unpaired) electrons. The fourth-order valence-electron chi connectivity index (χ4n) is 0.983. The van der Waals surface area contributed by atoms with Gasteiger partial charge in [-0.2, -0.15) is 0 Å². The summed E-state index contributed by atoms with van der Waals surface area (Å²) in [6, 6.07) is 0.0542. The Balaban J connectivity index is 0.000000810. The first-order valence-electron chi connectivity index (χ1n) is 3.26. The van der Waals surface area contributed by atoms with Crippen molar-refractivity contribution in [2.45, 2.75) is 31.8 Å². The lowest BCUT2D eigenvalue weighted by molar-refractivity contribution is -0.124. The quantitative estimate of drug-likeness (QED) is 0.531. The molecule has 0 spiro atoms. The normalized spacial score (nSPS) is 32.4. The summed E-state index contributed by atoms with van der Waals surface area (Å²) in [4.78, 5) is 10.8. The zero-order valence-electron chi connectivity index (χ0n) is 5.96.